The van der Waals surface area contributed by atoms with E-state index in [1.165, 1.54) is 0 Å². The Kier molecular flexibility index (Phi) is 2.21. The molecule has 2 N–H and O–H groups in total. The van der Waals surface area contributed by atoms with E-state index in [1.54, 1.807) is 0 Å². The van der Waals surface area contributed by atoms with Gasteiger partial charge in [-0.3, -0.25) is 0 Å². The first kappa shape index (κ1) is 9.93. The van der Waals surface area contributed by atoms with Crippen molar-refractivity contribution in [1.29, 1.82) is 0 Å². The molecule has 1 saturated heterocycles. The minimum absolute atomic E-state index is 0.0857. The first-order valence-corrected chi connectivity index (χ1v) is 4.65. The van der Waals surface area contributed by atoms with E-state index in [-0.39, 0.29) is 17.1 Å². The van der Waals surface area contributed by atoms with Gasteiger partial charge in [0.2, 0.25) is 0 Å². The Labute approximate surface area is 79.5 Å². The number of thiocarbonyl (C=S) groups is 1. The molecule has 3 heteroatoms. The van der Waals surface area contributed by atoms with Crippen molar-refractivity contribution in [3.05, 3.63) is 0 Å². The summed E-state index contributed by atoms with van der Waals surface area (Å²) in [5.41, 5.74) is 5.36. The van der Waals surface area contributed by atoms with E-state index in [9.17, 15) is 0 Å². The van der Waals surface area contributed by atoms with Gasteiger partial charge in [-0.15, -0.1) is 0 Å². The first-order chi connectivity index (χ1) is 5.25. The van der Waals surface area contributed by atoms with Crippen LogP contribution in [0.5, 0.6) is 0 Å². The van der Waals surface area contributed by atoms with Gasteiger partial charge in [-0.25, -0.2) is 0 Å². The van der Waals surface area contributed by atoms with Crippen molar-refractivity contribution in [3.63, 3.8) is 0 Å². The number of ether oxygens (including phenoxy) is 1. The summed E-state index contributed by atoms with van der Waals surface area (Å²) >= 11 is 5.00. The van der Waals surface area contributed by atoms with Crippen LogP contribution in [0.2, 0.25) is 0 Å². The quantitative estimate of drug-likeness (QED) is 0.636. The van der Waals surface area contributed by atoms with Crippen LogP contribution in [0.4, 0.5) is 0 Å². The van der Waals surface area contributed by atoms with Gasteiger partial charge >= 0.3 is 0 Å². The third-order valence-electron chi connectivity index (χ3n) is 2.42. The average molecular weight is 187 g/mol. The second-order valence-electron chi connectivity index (χ2n) is 4.62. The van der Waals surface area contributed by atoms with Crippen LogP contribution in [-0.4, -0.2) is 16.2 Å². The molecule has 70 valence electrons. The van der Waals surface area contributed by atoms with Crippen molar-refractivity contribution < 1.29 is 4.74 Å². The molecule has 0 bridgehead atoms. The predicted molar refractivity (Wildman–Crippen MR) is 54.1 cm³/mol. The lowest BCUT2D eigenvalue weighted by Crippen LogP contribution is -2.36. The van der Waals surface area contributed by atoms with Gasteiger partial charge in [0.05, 0.1) is 16.2 Å². The van der Waals surface area contributed by atoms with Crippen LogP contribution in [0.15, 0.2) is 0 Å². The molecule has 0 spiro atoms. The lowest BCUT2D eigenvalue weighted by Gasteiger charge is -2.26. The molecule has 1 unspecified atom stereocenters. The predicted octanol–water partition coefficient (Wildman–Crippen LogP) is 1.87. The van der Waals surface area contributed by atoms with Crippen LogP contribution in [-0.2, 0) is 4.74 Å². The number of rotatable bonds is 1. The SMILES string of the molecule is CC1(C)CC(C(N)=S)C(C)(C)O1. The lowest BCUT2D eigenvalue weighted by molar-refractivity contribution is -0.0690. The molecule has 12 heavy (non-hydrogen) atoms. The Bertz CT molecular complexity index is 211. The van der Waals surface area contributed by atoms with Gasteiger partial charge in [-0.05, 0) is 34.1 Å². The summed E-state index contributed by atoms with van der Waals surface area (Å²) in [5.74, 6) is 0.211. The fourth-order valence-corrected chi connectivity index (χ4v) is 2.37. The van der Waals surface area contributed by atoms with E-state index in [2.05, 4.69) is 13.8 Å². The smallest absolute Gasteiger partial charge is 0.0788 e. The second-order valence-corrected chi connectivity index (χ2v) is 5.10. The fourth-order valence-electron chi connectivity index (χ4n) is 2.01. The van der Waals surface area contributed by atoms with Crippen molar-refractivity contribution >= 4 is 17.2 Å². The van der Waals surface area contributed by atoms with Crippen molar-refractivity contribution in [2.45, 2.75) is 45.3 Å². The second kappa shape index (κ2) is 2.67. The molecule has 1 aliphatic heterocycles. The van der Waals surface area contributed by atoms with E-state index in [1.807, 2.05) is 13.8 Å². The van der Waals surface area contributed by atoms with E-state index < -0.39 is 0 Å². The zero-order valence-corrected chi connectivity index (χ0v) is 8.99. The molecule has 1 fully saturated rings. The van der Waals surface area contributed by atoms with E-state index in [0.29, 0.717) is 4.99 Å². The Morgan fingerprint density at radius 1 is 1.42 bits per heavy atom. The van der Waals surface area contributed by atoms with Crippen LogP contribution in [0, 0.1) is 5.92 Å². The standard InChI is InChI=1S/C9H17NOS/c1-8(2)5-6(7(10)12)9(3,4)11-8/h6H,5H2,1-4H3,(H2,10,12). The highest BCUT2D eigenvalue weighted by Crippen LogP contribution is 2.41. The van der Waals surface area contributed by atoms with Gasteiger partial charge in [-0.2, -0.15) is 0 Å². The molecule has 1 rings (SSSR count). The van der Waals surface area contributed by atoms with Crippen molar-refractivity contribution in [1.82, 2.24) is 0 Å². The highest BCUT2D eigenvalue weighted by atomic mass is 32.1. The molecule has 0 aliphatic carbocycles. The minimum Gasteiger partial charge on any atom is -0.393 e. The van der Waals surface area contributed by atoms with Gasteiger partial charge in [0.15, 0.2) is 0 Å². The Balaban J connectivity index is 2.85. The molecule has 1 aliphatic rings. The summed E-state index contributed by atoms with van der Waals surface area (Å²) in [6.45, 7) is 8.25. The maximum absolute atomic E-state index is 5.84. The monoisotopic (exact) mass is 187 g/mol. The largest absolute Gasteiger partial charge is 0.393 e. The van der Waals surface area contributed by atoms with Crippen LogP contribution in [0.25, 0.3) is 0 Å². The Morgan fingerprint density at radius 2 is 1.92 bits per heavy atom. The van der Waals surface area contributed by atoms with Gasteiger partial charge < -0.3 is 10.5 Å². The van der Waals surface area contributed by atoms with Crippen LogP contribution in [0.3, 0.4) is 0 Å². The molecule has 0 aromatic heterocycles. The van der Waals surface area contributed by atoms with E-state index in [4.69, 9.17) is 22.7 Å². The zero-order chi connectivity index (χ0) is 9.57. The van der Waals surface area contributed by atoms with Gasteiger partial charge in [0, 0.05) is 5.92 Å². The molecule has 1 heterocycles. The number of hydrogen-bond acceptors (Lipinski definition) is 2. The summed E-state index contributed by atoms with van der Waals surface area (Å²) in [7, 11) is 0. The number of nitrogens with two attached hydrogens (primary N) is 1. The first-order valence-electron chi connectivity index (χ1n) is 4.24. The minimum atomic E-state index is -0.199. The molecule has 0 saturated carbocycles. The van der Waals surface area contributed by atoms with Crippen molar-refractivity contribution in [2.24, 2.45) is 11.7 Å². The fraction of sp³-hybridized carbons (Fsp3) is 0.889. The molecule has 0 aromatic rings. The molecule has 1 atom stereocenters. The summed E-state index contributed by atoms with van der Waals surface area (Å²) in [4.78, 5) is 0.575. The average Bonchev–Trinajstić information content (AvgIpc) is 1.99. The van der Waals surface area contributed by atoms with Crippen molar-refractivity contribution in [2.75, 3.05) is 0 Å². The molecular formula is C9H17NOS. The van der Waals surface area contributed by atoms with Crippen LogP contribution < -0.4 is 5.73 Å². The van der Waals surface area contributed by atoms with Gasteiger partial charge in [-0.1, -0.05) is 12.2 Å². The van der Waals surface area contributed by atoms with E-state index in [0.717, 1.165) is 6.42 Å². The van der Waals surface area contributed by atoms with Gasteiger partial charge in [0.1, 0.15) is 0 Å². The van der Waals surface area contributed by atoms with Gasteiger partial charge in [0.25, 0.3) is 0 Å². The van der Waals surface area contributed by atoms with Crippen molar-refractivity contribution in [3.8, 4) is 0 Å². The summed E-state index contributed by atoms with van der Waals surface area (Å²) in [5, 5.41) is 0. The third-order valence-corrected chi connectivity index (χ3v) is 2.70. The summed E-state index contributed by atoms with van der Waals surface area (Å²) in [6.07, 6.45) is 0.926. The highest BCUT2D eigenvalue weighted by Gasteiger charge is 2.46. The lowest BCUT2D eigenvalue weighted by atomic mass is 9.87. The molecular weight excluding hydrogens is 170 g/mol. The summed E-state index contributed by atoms with van der Waals surface area (Å²) < 4.78 is 5.84. The Morgan fingerprint density at radius 3 is 2.08 bits per heavy atom. The van der Waals surface area contributed by atoms with Crippen LogP contribution in [0.1, 0.15) is 34.1 Å². The third kappa shape index (κ3) is 1.77. The molecule has 0 radical (unpaired) electrons. The maximum Gasteiger partial charge on any atom is 0.0788 e. The summed E-state index contributed by atoms with van der Waals surface area (Å²) in [6, 6.07) is 0. The molecule has 0 aromatic carbocycles. The van der Waals surface area contributed by atoms with Crippen LogP contribution >= 0.6 is 12.2 Å². The maximum atomic E-state index is 5.84. The molecule has 2 nitrogen and oxygen atoms in total. The number of hydrogen-bond donors (Lipinski definition) is 1. The normalized spacial score (nSPS) is 31.8. The van der Waals surface area contributed by atoms with E-state index >= 15 is 0 Å². The highest BCUT2D eigenvalue weighted by molar-refractivity contribution is 7.80. The zero-order valence-electron chi connectivity index (χ0n) is 8.18. The molecule has 0 amide bonds. The topological polar surface area (TPSA) is 35.2 Å². The Hall–Kier alpha value is -0.150.